The second-order valence-corrected chi connectivity index (χ2v) is 10.6. The molecule has 0 radical (unpaired) electrons. The van der Waals surface area contributed by atoms with Gasteiger partial charge in [0.1, 0.15) is 11.5 Å². The van der Waals surface area contributed by atoms with Crippen molar-refractivity contribution in [1.29, 1.82) is 0 Å². The minimum Gasteiger partial charge on any atom is -0.496 e. The van der Waals surface area contributed by atoms with Crippen LogP contribution in [-0.2, 0) is 5.60 Å². The Morgan fingerprint density at radius 1 is 0.667 bits per heavy atom. The molecule has 0 saturated carbocycles. The van der Waals surface area contributed by atoms with Crippen molar-refractivity contribution in [1.82, 2.24) is 0 Å². The summed E-state index contributed by atoms with van der Waals surface area (Å²) in [7, 11) is 1.72. The maximum Gasteiger partial charge on any atom is 0.178 e. The lowest BCUT2D eigenvalue weighted by molar-refractivity contribution is 0.162. The first-order valence-corrected chi connectivity index (χ1v) is 13.3. The lowest BCUT2D eigenvalue weighted by Crippen LogP contribution is -2.35. The van der Waals surface area contributed by atoms with Crippen molar-refractivity contribution in [2.45, 2.75) is 5.60 Å². The third-order valence-electron chi connectivity index (χ3n) is 6.71. The van der Waals surface area contributed by atoms with Crippen LogP contribution < -0.4 is 9.47 Å². The fourth-order valence-electron chi connectivity index (χ4n) is 4.97. The van der Waals surface area contributed by atoms with Crippen molar-refractivity contribution in [2.24, 2.45) is 0 Å². The van der Waals surface area contributed by atoms with E-state index in [0.717, 1.165) is 59.0 Å². The molecule has 0 aliphatic carbocycles. The largest absolute Gasteiger partial charge is 0.496 e. The molecule has 0 aromatic heterocycles. The summed E-state index contributed by atoms with van der Waals surface area (Å²) in [6.07, 6.45) is 2.26. The molecule has 0 bridgehead atoms. The van der Waals surface area contributed by atoms with Gasteiger partial charge in [-0.25, -0.2) is 0 Å². The SMILES string of the molecule is COc1cc2c(c3ccccc13)OC(c1ccc(Br)cc1)(c1ccc(Br)cc1)C=C2c1ccccc1. The topological polar surface area (TPSA) is 18.5 Å². The summed E-state index contributed by atoms with van der Waals surface area (Å²) in [6.45, 7) is 0. The van der Waals surface area contributed by atoms with Gasteiger partial charge in [0.15, 0.2) is 5.60 Å². The van der Waals surface area contributed by atoms with Gasteiger partial charge in [0.05, 0.1) is 7.11 Å². The van der Waals surface area contributed by atoms with Crippen molar-refractivity contribution in [2.75, 3.05) is 7.11 Å². The fraction of sp³-hybridized carbons (Fsp3) is 0.0625. The Morgan fingerprint density at radius 3 is 1.81 bits per heavy atom. The summed E-state index contributed by atoms with van der Waals surface area (Å²) in [5, 5.41) is 2.04. The maximum absolute atomic E-state index is 7.17. The van der Waals surface area contributed by atoms with Gasteiger partial charge in [0.2, 0.25) is 0 Å². The molecule has 36 heavy (non-hydrogen) atoms. The van der Waals surface area contributed by atoms with Crippen molar-refractivity contribution >= 4 is 48.2 Å². The molecule has 1 aliphatic heterocycles. The van der Waals surface area contributed by atoms with Crippen LogP contribution in [0.25, 0.3) is 16.3 Å². The second kappa shape index (κ2) is 9.27. The second-order valence-electron chi connectivity index (χ2n) is 8.78. The van der Waals surface area contributed by atoms with Crippen molar-refractivity contribution in [3.8, 4) is 11.5 Å². The lowest BCUT2D eigenvalue weighted by atomic mass is 9.79. The molecule has 5 aromatic carbocycles. The Kier molecular flexibility index (Phi) is 5.94. The molecule has 0 saturated heterocycles. The third-order valence-corrected chi connectivity index (χ3v) is 7.77. The van der Waals surface area contributed by atoms with E-state index < -0.39 is 5.60 Å². The Labute approximate surface area is 227 Å². The first-order chi connectivity index (χ1) is 17.6. The minimum atomic E-state index is -0.836. The molecule has 0 N–H and O–H groups in total. The zero-order chi connectivity index (χ0) is 24.7. The molecule has 0 spiro atoms. The molecule has 2 nitrogen and oxygen atoms in total. The van der Waals surface area contributed by atoms with Gasteiger partial charge >= 0.3 is 0 Å². The summed E-state index contributed by atoms with van der Waals surface area (Å²) in [5.41, 5.74) is 4.50. The predicted molar refractivity (Wildman–Crippen MR) is 154 cm³/mol. The Balaban J connectivity index is 1.73. The first kappa shape index (κ1) is 23.1. The van der Waals surface area contributed by atoms with Crippen LogP contribution in [0, 0.1) is 0 Å². The molecule has 1 aliphatic rings. The van der Waals surface area contributed by atoms with Crippen LogP contribution in [0.15, 0.2) is 124 Å². The predicted octanol–water partition coefficient (Wildman–Crippen LogP) is 9.14. The summed E-state index contributed by atoms with van der Waals surface area (Å²) < 4.78 is 15.1. The number of ether oxygens (including phenoxy) is 2. The number of rotatable bonds is 4. The normalized spacial score (nSPS) is 14.0. The highest BCUT2D eigenvalue weighted by molar-refractivity contribution is 9.10. The molecule has 0 atom stereocenters. The van der Waals surface area contributed by atoms with Gasteiger partial charge in [0.25, 0.3) is 0 Å². The van der Waals surface area contributed by atoms with Gasteiger partial charge in [0, 0.05) is 36.4 Å². The highest BCUT2D eigenvalue weighted by Crippen LogP contribution is 2.51. The average Bonchev–Trinajstić information content (AvgIpc) is 2.93. The van der Waals surface area contributed by atoms with E-state index in [1.165, 1.54) is 0 Å². The first-order valence-electron chi connectivity index (χ1n) is 11.7. The lowest BCUT2D eigenvalue weighted by Gasteiger charge is -2.39. The van der Waals surface area contributed by atoms with Crippen LogP contribution in [0.4, 0.5) is 0 Å². The summed E-state index contributed by atoms with van der Waals surface area (Å²) >= 11 is 7.20. The molecule has 6 rings (SSSR count). The summed E-state index contributed by atoms with van der Waals surface area (Å²) in [5.74, 6) is 1.67. The van der Waals surface area contributed by atoms with Gasteiger partial charge < -0.3 is 9.47 Å². The molecule has 5 aromatic rings. The highest BCUT2D eigenvalue weighted by atomic mass is 79.9. The summed E-state index contributed by atoms with van der Waals surface area (Å²) in [6, 6.07) is 37.6. The number of hydrogen-bond donors (Lipinski definition) is 0. The highest BCUT2D eigenvalue weighted by Gasteiger charge is 2.40. The fourth-order valence-corrected chi connectivity index (χ4v) is 5.50. The Hall–Kier alpha value is -3.34. The average molecular weight is 598 g/mol. The van der Waals surface area contributed by atoms with E-state index in [-0.39, 0.29) is 0 Å². The summed E-state index contributed by atoms with van der Waals surface area (Å²) in [4.78, 5) is 0. The number of methoxy groups -OCH3 is 1. The number of benzene rings is 5. The van der Waals surface area contributed by atoms with Crippen LogP contribution in [0.5, 0.6) is 11.5 Å². The van der Waals surface area contributed by atoms with Crippen LogP contribution in [0.3, 0.4) is 0 Å². The van der Waals surface area contributed by atoms with Crippen molar-refractivity contribution in [3.63, 3.8) is 0 Å². The molecule has 0 amide bonds. The number of hydrogen-bond acceptors (Lipinski definition) is 2. The zero-order valence-corrected chi connectivity index (χ0v) is 22.7. The molecular weight excluding hydrogens is 576 g/mol. The quantitative estimate of drug-likeness (QED) is 0.206. The monoisotopic (exact) mass is 596 g/mol. The van der Waals surface area contributed by atoms with Gasteiger partial charge in [-0.1, -0.05) is 111 Å². The van der Waals surface area contributed by atoms with E-state index >= 15 is 0 Å². The zero-order valence-electron chi connectivity index (χ0n) is 19.5. The molecule has 176 valence electrons. The van der Waals surface area contributed by atoms with Crippen LogP contribution in [-0.4, -0.2) is 7.11 Å². The van der Waals surface area contributed by atoms with E-state index in [9.17, 15) is 0 Å². The standard InChI is InChI=1S/C32H22Br2O2/c1-35-30-19-28-29(21-7-3-2-4-8-21)20-32(22-11-15-24(33)16-12-22,23-13-17-25(34)18-14-23)36-31(28)27-10-6-5-9-26(27)30/h2-20H,1H3. The van der Waals surface area contributed by atoms with Crippen molar-refractivity contribution < 1.29 is 9.47 Å². The van der Waals surface area contributed by atoms with Crippen LogP contribution in [0.1, 0.15) is 22.3 Å². The Bertz CT molecular complexity index is 1540. The molecule has 0 fully saturated rings. The molecule has 0 unspecified atom stereocenters. The third kappa shape index (κ3) is 3.85. The van der Waals surface area contributed by atoms with E-state index in [2.05, 4.69) is 129 Å². The number of halogens is 2. The van der Waals surface area contributed by atoms with Crippen molar-refractivity contribution in [3.05, 3.63) is 146 Å². The minimum absolute atomic E-state index is 0.828. The maximum atomic E-state index is 7.17. The number of fused-ring (bicyclic) bond motifs is 3. The van der Waals surface area contributed by atoms with E-state index in [1.54, 1.807) is 7.11 Å². The molecule has 1 heterocycles. The van der Waals surface area contributed by atoms with Crippen LogP contribution >= 0.6 is 31.9 Å². The molecular formula is C32H22Br2O2. The van der Waals surface area contributed by atoms with Gasteiger partial charge in [-0.2, -0.15) is 0 Å². The Morgan fingerprint density at radius 2 is 1.22 bits per heavy atom. The smallest absolute Gasteiger partial charge is 0.178 e. The van der Waals surface area contributed by atoms with Gasteiger partial charge in [-0.15, -0.1) is 0 Å². The van der Waals surface area contributed by atoms with Crippen LogP contribution in [0.2, 0.25) is 0 Å². The van der Waals surface area contributed by atoms with E-state index in [0.29, 0.717) is 0 Å². The van der Waals surface area contributed by atoms with Gasteiger partial charge in [-0.05, 0) is 47.5 Å². The molecule has 4 heteroatoms. The van der Waals surface area contributed by atoms with Gasteiger partial charge in [-0.3, -0.25) is 0 Å². The van der Waals surface area contributed by atoms with E-state index in [4.69, 9.17) is 9.47 Å². The van der Waals surface area contributed by atoms with E-state index in [1.807, 2.05) is 18.2 Å².